The molecule has 0 aliphatic rings. The third kappa shape index (κ3) is 5.03. The van der Waals surface area contributed by atoms with Gasteiger partial charge in [-0.2, -0.15) is 0 Å². The van der Waals surface area contributed by atoms with E-state index in [9.17, 15) is 4.79 Å². The molecule has 2 nitrogen and oxygen atoms in total. The van der Waals surface area contributed by atoms with Gasteiger partial charge in [0.15, 0.2) is 0 Å². The van der Waals surface area contributed by atoms with E-state index in [1.807, 2.05) is 39.0 Å². The number of ether oxygens (including phenoxy) is 1. The minimum atomic E-state index is -0.0648. The Bertz CT molecular complexity index is 330. The molecule has 0 aliphatic carbocycles. The van der Waals surface area contributed by atoms with Gasteiger partial charge < -0.3 is 4.74 Å². The molecule has 0 fully saturated rings. The highest BCUT2D eigenvalue weighted by atomic mass is 16.5. The molecule has 17 heavy (non-hydrogen) atoms. The second-order valence-corrected chi connectivity index (χ2v) is 4.82. The summed E-state index contributed by atoms with van der Waals surface area (Å²) in [6, 6.07) is 10.1. The van der Waals surface area contributed by atoms with Crippen LogP contribution in [0.1, 0.15) is 32.8 Å². The van der Waals surface area contributed by atoms with Crippen molar-refractivity contribution in [3.63, 3.8) is 0 Å². The summed E-state index contributed by atoms with van der Waals surface area (Å²) in [5.74, 6) is 0.314. The molecule has 0 amide bonds. The lowest BCUT2D eigenvalue weighted by Gasteiger charge is -2.15. The standard InChI is InChI=1S/C15H22O2/c1-4-14(15(16)17-11-12(2)3)10-13-8-6-5-7-9-13/h5-9,12,14H,4,10-11H2,1-3H3. The van der Waals surface area contributed by atoms with E-state index in [1.165, 1.54) is 5.56 Å². The van der Waals surface area contributed by atoms with Crippen LogP contribution in [-0.4, -0.2) is 12.6 Å². The molecule has 0 aromatic heterocycles. The summed E-state index contributed by atoms with van der Waals surface area (Å²) < 4.78 is 5.29. The fourth-order valence-electron chi connectivity index (χ4n) is 1.66. The third-order valence-electron chi connectivity index (χ3n) is 2.71. The first-order valence-electron chi connectivity index (χ1n) is 6.34. The van der Waals surface area contributed by atoms with Crippen LogP contribution in [0.4, 0.5) is 0 Å². The Morgan fingerprint density at radius 2 is 1.88 bits per heavy atom. The molecule has 0 radical (unpaired) electrons. The monoisotopic (exact) mass is 234 g/mol. The van der Waals surface area contributed by atoms with Crippen molar-refractivity contribution in [2.75, 3.05) is 6.61 Å². The fraction of sp³-hybridized carbons (Fsp3) is 0.533. The largest absolute Gasteiger partial charge is 0.465 e. The van der Waals surface area contributed by atoms with Gasteiger partial charge in [-0.15, -0.1) is 0 Å². The molecular weight excluding hydrogens is 212 g/mol. The third-order valence-corrected chi connectivity index (χ3v) is 2.71. The lowest BCUT2D eigenvalue weighted by atomic mass is 9.97. The molecule has 0 bridgehead atoms. The van der Waals surface area contributed by atoms with Gasteiger partial charge in [0.25, 0.3) is 0 Å². The van der Waals surface area contributed by atoms with Gasteiger partial charge in [-0.05, 0) is 24.3 Å². The average Bonchev–Trinajstić information content (AvgIpc) is 2.34. The molecule has 0 N–H and O–H groups in total. The van der Waals surface area contributed by atoms with Crippen LogP contribution in [0.3, 0.4) is 0 Å². The van der Waals surface area contributed by atoms with Gasteiger partial charge in [0, 0.05) is 0 Å². The molecule has 0 saturated heterocycles. The van der Waals surface area contributed by atoms with Gasteiger partial charge >= 0.3 is 5.97 Å². The number of hydrogen-bond donors (Lipinski definition) is 0. The van der Waals surface area contributed by atoms with Crippen molar-refractivity contribution in [2.45, 2.75) is 33.6 Å². The van der Waals surface area contributed by atoms with Gasteiger partial charge in [-0.3, -0.25) is 4.79 Å². The molecule has 0 aliphatic heterocycles. The van der Waals surface area contributed by atoms with Gasteiger partial charge in [-0.25, -0.2) is 0 Å². The Labute approximate surface area is 104 Å². The SMILES string of the molecule is CCC(Cc1ccccc1)C(=O)OCC(C)C. The predicted octanol–water partition coefficient (Wildman–Crippen LogP) is 3.45. The van der Waals surface area contributed by atoms with E-state index in [0.717, 1.165) is 12.8 Å². The maximum atomic E-state index is 11.9. The zero-order chi connectivity index (χ0) is 12.7. The van der Waals surface area contributed by atoms with E-state index in [1.54, 1.807) is 0 Å². The molecule has 0 spiro atoms. The van der Waals surface area contributed by atoms with Crippen LogP contribution >= 0.6 is 0 Å². The molecule has 0 heterocycles. The molecule has 0 saturated carbocycles. The normalized spacial score (nSPS) is 12.5. The van der Waals surface area contributed by atoms with Gasteiger partial charge in [-0.1, -0.05) is 51.1 Å². The van der Waals surface area contributed by atoms with Crippen LogP contribution in [-0.2, 0) is 16.0 Å². The number of rotatable bonds is 6. The minimum absolute atomic E-state index is 0.0175. The highest BCUT2D eigenvalue weighted by Crippen LogP contribution is 2.14. The van der Waals surface area contributed by atoms with Crippen molar-refractivity contribution in [3.8, 4) is 0 Å². The Morgan fingerprint density at radius 3 is 2.41 bits per heavy atom. The van der Waals surface area contributed by atoms with Crippen molar-refractivity contribution in [1.82, 2.24) is 0 Å². The van der Waals surface area contributed by atoms with Crippen molar-refractivity contribution in [2.24, 2.45) is 11.8 Å². The van der Waals surface area contributed by atoms with E-state index < -0.39 is 0 Å². The van der Waals surface area contributed by atoms with E-state index in [0.29, 0.717) is 12.5 Å². The Kier molecular flexibility index (Phi) is 5.75. The van der Waals surface area contributed by atoms with E-state index in [2.05, 4.69) is 12.1 Å². The van der Waals surface area contributed by atoms with Crippen LogP contribution < -0.4 is 0 Å². The lowest BCUT2D eigenvalue weighted by Crippen LogP contribution is -2.21. The second-order valence-electron chi connectivity index (χ2n) is 4.82. The summed E-state index contributed by atoms with van der Waals surface area (Å²) in [5.41, 5.74) is 1.20. The number of hydrogen-bond acceptors (Lipinski definition) is 2. The highest BCUT2D eigenvalue weighted by molar-refractivity contribution is 5.72. The number of carbonyl (C=O) groups excluding carboxylic acids is 1. The number of benzene rings is 1. The summed E-state index contributed by atoms with van der Waals surface area (Å²) >= 11 is 0. The van der Waals surface area contributed by atoms with Gasteiger partial charge in [0.05, 0.1) is 12.5 Å². The van der Waals surface area contributed by atoms with Crippen LogP contribution in [0.25, 0.3) is 0 Å². The van der Waals surface area contributed by atoms with Crippen molar-refractivity contribution >= 4 is 5.97 Å². The predicted molar refractivity (Wildman–Crippen MR) is 69.7 cm³/mol. The highest BCUT2D eigenvalue weighted by Gasteiger charge is 2.18. The first kappa shape index (κ1) is 13.8. The van der Waals surface area contributed by atoms with Crippen molar-refractivity contribution in [1.29, 1.82) is 0 Å². The number of carbonyl (C=O) groups is 1. The fourth-order valence-corrected chi connectivity index (χ4v) is 1.66. The molecule has 94 valence electrons. The summed E-state index contributed by atoms with van der Waals surface area (Å²) in [6.45, 7) is 6.64. The van der Waals surface area contributed by atoms with E-state index in [4.69, 9.17) is 4.74 Å². The zero-order valence-electron chi connectivity index (χ0n) is 11.0. The molecule has 1 aromatic rings. The lowest BCUT2D eigenvalue weighted by molar-refractivity contribution is -0.149. The van der Waals surface area contributed by atoms with Crippen LogP contribution in [0.2, 0.25) is 0 Å². The topological polar surface area (TPSA) is 26.3 Å². The van der Waals surface area contributed by atoms with Crippen molar-refractivity contribution in [3.05, 3.63) is 35.9 Å². The summed E-state index contributed by atoms with van der Waals surface area (Å²) in [5, 5.41) is 0. The first-order valence-corrected chi connectivity index (χ1v) is 6.34. The average molecular weight is 234 g/mol. The molecule has 2 heteroatoms. The quantitative estimate of drug-likeness (QED) is 0.705. The molecule has 1 unspecified atom stereocenters. The summed E-state index contributed by atoms with van der Waals surface area (Å²) in [7, 11) is 0. The second kappa shape index (κ2) is 7.10. The van der Waals surface area contributed by atoms with E-state index >= 15 is 0 Å². The molecular formula is C15H22O2. The van der Waals surface area contributed by atoms with Crippen LogP contribution in [0.15, 0.2) is 30.3 Å². The summed E-state index contributed by atoms with van der Waals surface area (Å²) in [4.78, 5) is 11.9. The summed E-state index contributed by atoms with van der Waals surface area (Å²) in [6.07, 6.45) is 1.60. The van der Waals surface area contributed by atoms with Gasteiger partial charge in [0.2, 0.25) is 0 Å². The maximum Gasteiger partial charge on any atom is 0.309 e. The zero-order valence-corrected chi connectivity index (χ0v) is 11.0. The van der Waals surface area contributed by atoms with Crippen LogP contribution in [0, 0.1) is 11.8 Å². The van der Waals surface area contributed by atoms with E-state index in [-0.39, 0.29) is 11.9 Å². The maximum absolute atomic E-state index is 11.9. The Balaban J connectivity index is 2.51. The first-order chi connectivity index (χ1) is 8.13. The molecule has 1 aromatic carbocycles. The Morgan fingerprint density at radius 1 is 1.24 bits per heavy atom. The minimum Gasteiger partial charge on any atom is -0.465 e. The van der Waals surface area contributed by atoms with Crippen molar-refractivity contribution < 1.29 is 9.53 Å². The molecule has 1 rings (SSSR count). The van der Waals surface area contributed by atoms with Crippen LogP contribution in [0.5, 0.6) is 0 Å². The smallest absolute Gasteiger partial charge is 0.309 e. The van der Waals surface area contributed by atoms with Gasteiger partial charge in [0.1, 0.15) is 0 Å². The Hall–Kier alpha value is -1.31. The molecule has 1 atom stereocenters. The number of esters is 1.